The molecule has 244 valence electrons. The van der Waals surface area contributed by atoms with Gasteiger partial charge in [-0.25, -0.2) is 0 Å². The normalized spacial score (nSPS) is 12.9. The molecule has 0 amide bonds. The maximum atomic E-state index is 3.73. The summed E-state index contributed by atoms with van der Waals surface area (Å²) in [5.74, 6) is 1.80. The molecular formula is C38H80BrN. The third kappa shape index (κ3) is 36.5. The smallest absolute Gasteiger partial charge is 0.00464 e. The van der Waals surface area contributed by atoms with Crippen molar-refractivity contribution in [2.45, 2.75) is 220 Å². The van der Waals surface area contributed by atoms with Gasteiger partial charge in [-0.05, 0) is 44.2 Å². The van der Waals surface area contributed by atoms with Crippen LogP contribution in [0.25, 0.3) is 0 Å². The molecule has 0 aliphatic heterocycles. The van der Waals surface area contributed by atoms with E-state index in [4.69, 9.17) is 0 Å². The first-order chi connectivity index (χ1) is 19.2. The summed E-state index contributed by atoms with van der Waals surface area (Å²) < 4.78 is 0. The van der Waals surface area contributed by atoms with E-state index in [0.29, 0.717) is 0 Å². The molecule has 2 heteroatoms. The van der Waals surface area contributed by atoms with Gasteiger partial charge in [0.1, 0.15) is 0 Å². The second-order valence-electron chi connectivity index (χ2n) is 13.6. The van der Waals surface area contributed by atoms with E-state index in [1.54, 1.807) is 0 Å². The second kappa shape index (κ2) is 37.5. The fourth-order valence-electron chi connectivity index (χ4n) is 6.35. The Morgan fingerprint density at radius 3 is 1.02 bits per heavy atom. The molecule has 0 heterocycles. The Balaban J connectivity index is 0. The molecule has 0 saturated heterocycles. The van der Waals surface area contributed by atoms with Crippen molar-refractivity contribution in [2.75, 3.05) is 13.1 Å². The highest BCUT2D eigenvalue weighted by molar-refractivity contribution is 8.93. The quantitative estimate of drug-likeness (QED) is 0.0698. The van der Waals surface area contributed by atoms with E-state index in [0.717, 1.165) is 11.8 Å². The molecule has 2 atom stereocenters. The SMILES string of the molecule is Br.CCCCCCCCCCCCCCCCCCNCCC(C)CC(C)CCCCCCCCCCCCC. The number of rotatable bonds is 34. The van der Waals surface area contributed by atoms with E-state index in [1.165, 1.54) is 206 Å². The number of hydrogen-bond donors (Lipinski definition) is 1. The van der Waals surface area contributed by atoms with Crippen molar-refractivity contribution in [3.8, 4) is 0 Å². The van der Waals surface area contributed by atoms with Crippen molar-refractivity contribution in [3.05, 3.63) is 0 Å². The highest BCUT2D eigenvalue weighted by atomic mass is 79.9. The number of halogens is 1. The van der Waals surface area contributed by atoms with Crippen LogP contribution in [0.4, 0.5) is 0 Å². The van der Waals surface area contributed by atoms with Gasteiger partial charge in [0.2, 0.25) is 0 Å². The van der Waals surface area contributed by atoms with Crippen molar-refractivity contribution in [1.29, 1.82) is 0 Å². The monoisotopic (exact) mass is 630 g/mol. The Morgan fingerprint density at radius 1 is 0.350 bits per heavy atom. The summed E-state index contributed by atoms with van der Waals surface area (Å²) in [5.41, 5.74) is 0. The van der Waals surface area contributed by atoms with E-state index in [-0.39, 0.29) is 17.0 Å². The van der Waals surface area contributed by atoms with Gasteiger partial charge in [-0.3, -0.25) is 0 Å². The van der Waals surface area contributed by atoms with Gasteiger partial charge < -0.3 is 5.32 Å². The van der Waals surface area contributed by atoms with Gasteiger partial charge in [-0.15, -0.1) is 17.0 Å². The molecule has 0 aromatic carbocycles. The first-order valence-corrected chi connectivity index (χ1v) is 18.9. The molecule has 40 heavy (non-hydrogen) atoms. The van der Waals surface area contributed by atoms with Crippen molar-refractivity contribution >= 4 is 17.0 Å². The summed E-state index contributed by atoms with van der Waals surface area (Å²) in [5, 5.41) is 3.73. The molecule has 0 radical (unpaired) electrons. The van der Waals surface area contributed by atoms with Crippen LogP contribution >= 0.6 is 17.0 Å². The third-order valence-corrected chi connectivity index (χ3v) is 9.13. The molecule has 0 spiro atoms. The van der Waals surface area contributed by atoms with Crippen LogP contribution in [0, 0.1) is 11.8 Å². The molecule has 2 unspecified atom stereocenters. The summed E-state index contributed by atoms with van der Waals surface area (Å²) in [6.07, 6.45) is 43.6. The molecule has 0 saturated carbocycles. The fourth-order valence-corrected chi connectivity index (χ4v) is 6.35. The number of hydrogen-bond acceptors (Lipinski definition) is 1. The Morgan fingerprint density at radius 2 is 0.650 bits per heavy atom. The van der Waals surface area contributed by atoms with Gasteiger partial charge in [-0.1, -0.05) is 201 Å². The molecule has 0 aliphatic rings. The molecule has 1 N–H and O–H groups in total. The molecule has 0 fully saturated rings. The van der Waals surface area contributed by atoms with Crippen LogP contribution in [0.2, 0.25) is 0 Å². The van der Waals surface area contributed by atoms with Gasteiger partial charge in [0.05, 0.1) is 0 Å². The Hall–Kier alpha value is 0.440. The zero-order valence-electron chi connectivity index (χ0n) is 28.7. The van der Waals surface area contributed by atoms with Crippen LogP contribution in [0.1, 0.15) is 220 Å². The largest absolute Gasteiger partial charge is 0.317 e. The second-order valence-corrected chi connectivity index (χ2v) is 13.6. The summed E-state index contributed by atoms with van der Waals surface area (Å²) in [7, 11) is 0. The molecular weight excluding hydrogens is 550 g/mol. The Kier molecular flexibility index (Phi) is 39.9. The topological polar surface area (TPSA) is 12.0 Å². The Labute approximate surface area is 266 Å². The van der Waals surface area contributed by atoms with E-state index in [9.17, 15) is 0 Å². The zero-order valence-corrected chi connectivity index (χ0v) is 30.4. The van der Waals surface area contributed by atoms with E-state index in [1.807, 2.05) is 0 Å². The lowest BCUT2D eigenvalue weighted by Crippen LogP contribution is -2.19. The summed E-state index contributed by atoms with van der Waals surface area (Å²) in [6, 6.07) is 0. The van der Waals surface area contributed by atoms with Crippen LogP contribution in [0.5, 0.6) is 0 Å². The van der Waals surface area contributed by atoms with Crippen molar-refractivity contribution in [2.24, 2.45) is 11.8 Å². The molecule has 0 aliphatic carbocycles. The minimum atomic E-state index is 0. The highest BCUT2D eigenvalue weighted by Crippen LogP contribution is 2.21. The van der Waals surface area contributed by atoms with Crippen molar-refractivity contribution in [1.82, 2.24) is 5.32 Å². The fraction of sp³-hybridized carbons (Fsp3) is 1.00. The maximum absolute atomic E-state index is 3.73. The first-order valence-electron chi connectivity index (χ1n) is 18.9. The first kappa shape index (κ1) is 42.6. The summed E-state index contributed by atoms with van der Waals surface area (Å²) in [4.78, 5) is 0. The summed E-state index contributed by atoms with van der Waals surface area (Å²) in [6.45, 7) is 12.1. The molecule has 0 rings (SSSR count). The zero-order chi connectivity index (χ0) is 28.5. The maximum Gasteiger partial charge on any atom is -0.00464 e. The van der Waals surface area contributed by atoms with Crippen LogP contribution in [-0.4, -0.2) is 13.1 Å². The molecule has 0 aromatic heterocycles. The average Bonchev–Trinajstić information content (AvgIpc) is 2.93. The lowest BCUT2D eigenvalue weighted by Gasteiger charge is -2.17. The van der Waals surface area contributed by atoms with Gasteiger partial charge in [0.25, 0.3) is 0 Å². The van der Waals surface area contributed by atoms with Crippen LogP contribution in [0.3, 0.4) is 0 Å². The standard InChI is InChI=1S/C38H79N.BrH/c1-5-7-9-11-13-15-17-18-19-20-21-23-25-27-29-31-34-39-35-33-38(4)36-37(3)32-30-28-26-24-22-16-14-12-10-8-6-2;/h37-39H,5-36H2,1-4H3;1H. The molecule has 0 aromatic rings. The predicted octanol–water partition coefficient (Wildman–Crippen LogP) is 14.2. The lowest BCUT2D eigenvalue weighted by molar-refractivity contribution is 0.361. The Bertz CT molecular complexity index is 426. The van der Waals surface area contributed by atoms with Gasteiger partial charge in [0, 0.05) is 0 Å². The van der Waals surface area contributed by atoms with E-state index < -0.39 is 0 Å². The van der Waals surface area contributed by atoms with E-state index >= 15 is 0 Å². The lowest BCUT2D eigenvalue weighted by atomic mass is 9.90. The minimum Gasteiger partial charge on any atom is -0.317 e. The molecule has 0 bridgehead atoms. The van der Waals surface area contributed by atoms with Crippen LogP contribution < -0.4 is 5.32 Å². The van der Waals surface area contributed by atoms with Crippen molar-refractivity contribution in [3.63, 3.8) is 0 Å². The summed E-state index contributed by atoms with van der Waals surface area (Å²) >= 11 is 0. The third-order valence-electron chi connectivity index (χ3n) is 9.13. The number of nitrogens with one attached hydrogen (secondary N) is 1. The van der Waals surface area contributed by atoms with Crippen LogP contribution in [0.15, 0.2) is 0 Å². The minimum absolute atomic E-state index is 0. The van der Waals surface area contributed by atoms with Gasteiger partial charge in [0.15, 0.2) is 0 Å². The van der Waals surface area contributed by atoms with Gasteiger partial charge in [-0.2, -0.15) is 0 Å². The molecule has 1 nitrogen and oxygen atoms in total. The predicted molar refractivity (Wildman–Crippen MR) is 191 cm³/mol. The highest BCUT2D eigenvalue weighted by Gasteiger charge is 2.08. The average molecular weight is 631 g/mol. The number of unbranched alkanes of at least 4 members (excludes halogenated alkanes) is 25. The van der Waals surface area contributed by atoms with Gasteiger partial charge >= 0.3 is 0 Å². The van der Waals surface area contributed by atoms with E-state index in [2.05, 4.69) is 33.0 Å². The van der Waals surface area contributed by atoms with Crippen LogP contribution in [-0.2, 0) is 0 Å². The van der Waals surface area contributed by atoms with Crippen molar-refractivity contribution < 1.29 is 0 Å².